The monoisotopic (exact) mass is 268 g/mol. The zero-order valence-electron chi connectivity index (χ0n) is 12.0. The van der Waals surface area contributed by atoms with E-state index in [1.807, 2.05) is 13.0 Å². The van der Waals surface area contributed by atoms with Gasteiger partial charge in [0.15, 0.2) is 0 Å². The number of anilines is 2. The molecule has 1 heterocycles. The Morgan fingerprint density at radius 1 is 1.11 bits per heavy atom. The molecule has 0 saturated heterocycles. The highest BCUT2D eigenvalue weighted by atomic mass is 16.5. The zero-order chi connectivity index (χ0) is 13.9. The lowest BCUT2D eigenvalue weighted by molar-refractivity contribution is 0.0759. The Balaban J connectivity index is 2.34. The van der Waals surface area contributed by atoms with E-state index in [9.17, 15) is 0 Å². The summed E-state index contributed by atoms with van der Waals surface area (Å²) in [6.45, 7) is 7.53. The topological polar surface area (TPSA) is 68.3 Å². The minimum atomic E-state index is 0.615. The van der Waals surface area contributed by atoms with Crippen molar-refractivity contribution in [2.24, 2.45) is 0 Å². The first-order valence-electron chi connectivity index (χ1n) is 6.66. The van der Waals surface area contributed by atoms with E-state index in [1.165, 1.54) is 0 Å². The van der Waals surface area contributed by atoms with Crippen molar-refractivity contribution in [1.82, 2.24) is 9.97 Å². The molecule has 0 saturated carbocycles. The highest BCUT2D eigenvalue weighted by Gasteiger charge is 2.01. The predicted molar refractivity (Wildman–Crippen MR) is 76.7 cm³/mol. The quantitative estimate of drug-likeness (QED) is 0.629. The van der Waals surface area contributed by atoms with Gasteiger partial charge in [-0.05, 0) is 13.3 Å². The Labute approximate surface area is 114 Å². The van der Waals surface area contributed by atoms with E-state index in [0.717, 1.165) is 24.5 Å². The molecule has 19 heavy (non-hydrogen) atoms. The van der Waals surface area contributed by atoms with Gasteiger partial charge in [-0.1, -0.05) is 6.92 Å². The number of aryl methyl sites for hydroxylation is 1. The van der Waals surface area contributed by atoms with Gasteiger partial charge in [-0.3, -0.25) is 0 Å². The first-order chi connectivity index (χ1) is 9.26. The third-order valence-electron chi connectivity index (χ3n) is 2.37. The Morgan fingerprint density at radius 2 is 1.95 bits per heavy atom. The van der Waals surface area contributed by atoms with E-state index in [2.05, 4.69) is 27.5 Å². The zero-order valence-corrected chi connectivity index (χ0v) is 12.0. The average Bonchev–Trinajstić information content (AvgIpc) is 2.40. The molecule has 0 spiro atoms. The van der Waals surface area contributed by atoms with Gasteiger partial charge in [0, 0.05) is 32.0 Å². The SMILES string of the molecule is CCCNc1nc(C)cc(NCCOCCOC)n1. The summed E-state index contributed by atoms with van der Waals surface area (Å²) in [5.74, 6) is 1.49. The minimum absolute atomic E-state index is 0.615. The Hall–Kier alpha value is -1.40. The van der Waals surface area contributed by atoms with Crippen LogP contribution >= 0.6 is 0 Å². The summed E-state index contributed by atoms with van der Waals surface area (Å²) in [6, 6.07) is 1.92. The molecule has 0 unspecified atom stereocenters. The standard InChI is InChI=1S/C13H24N4O2/c1-4-5-15-13-16-11(2)10-12(17-13)14-6-7-19-9-8-18-3/h10H,4-9H2,1-3H3,(H2,14,15,16,17). The summed E-state index contributed by atoms with van der Waals surface area (Å²) in [7, 11) is 1.66. The largest absolute Gasteiger partial charge is 0.382 e. The summed E-state index contributed by atoms with van der Waals surface area (Å²) < 4.78 is 10.3. The van der Waals surface area contributed by atoms with Crippen molar-refractivity contribution in [3.63, 3.8) is 0 Å². The van der Waals surface area contributed by atoms with Gasteiger partial charge < -0.3 is 20.1 Å². The lowest BCUT2D eigenvalue weighted by atomic mass is 10.4. The molecule has 6 heteroatoms. The van der Waals surface area contributed by atoms with Crippen molar-refractivity contribution in [3.8, 4) is 0 Å². The molecule has 1 aromatic heterocycles. The Bertz CT molecular complexity index is 360. The number of rotatable bonds is 10. The van der Waals surface area contributed by atoms with Crippen molar-refractivity contribution in [1.29, 1.82) is 0 Å². The fraction of sp³-hybridized carbons (Fsp3) is 0.692. The highest BCUT2D eigenvalue weighted by Crippen LogP contribution is 2.09. The van der Waals surface area contributed by atoms with Crippen LogP contribution in [0.15, 0.2) is 6.07 Å². The molecule has 0 atom stereocenters. The summed E-state index contributed by atoms with van der Waals surface area (Å²) in [4.78, 5) is 8.72. The van der Waals surface area contributed by atoms with E-state index < -0.39 is 0 Å². The van der Waals surface area contributed by atoms with E-state index in [-0.39, 0.29) is 0 Å². The van der Waals surface area contributed by atoms with Gasteiger partial charge in [0.05, 0.1) is 19.8 Å². The van der Waals surface area contributed by atoms with Gasteiger partial charge in [0.1, 0.15) is 5.82 Å². The smallest absolute Gasteiger partial charge is 0.224 e. The van der Waals surface area contributed by atoms with Crippen LogP contribution in [0.25, 0.3) is 0 Å². The molecule has 1 rings (SSSR count). The number of hydrogen-bond donors (Lipinski definition) is 2. The molecule has 0 fully saturated rings. The van der Waals surface area contributed by atoms with E-state index >= 15 is 0 Å². The molecule has 2 N–H and O–H groups in total. The summed E-state index contributed by atoms with van der Waals surface area (Å²) in [5.41, 5.74) is 0.941. The van der Waals surface area contributed by atoms with Crippen LogP contribution in [0, 0.1) is 6.92 Å². The maximum absolute atomic E-state index is 5.37. The van der Waals surface area contributed by atoms with E-state index in [0.29, 0.717) is 32.3 Å². The number of nitrogens with one attached hydrogen (secondary N) is 2. The second-order valence-corrected chi connectivity index (χ2v) is 4.18. The summed E-state index contributed by atoms with van der Waals surface area (Å²) in [5, 5.41) is 6.41. The molecule has 0 bridgehead atoms. The number of hydrogen-bond acceptors (Lipinski definition) is 6. The van der Waals surface area contributed by atoms with E-state index in [1.54, 1.807) is 7.11 Å². The van der Waals surface area contributed by atoms with Crippen LogP contribution in [0.5, 0.6) is 0 Å². The third kappa shape index (κ3) is 6.93. The van der Waals surface area contributed by atoms with Crippen LogP contribution in [-0.2, 0) is 9.47 Å². The van der Waals surface area contributed by atoms with Gasteiger partial charge in [0.25, 0.3) is 0 Å². The molecule has 1 aromatic rings. The molecule has 0 aliphatic carbocycles. The third-order valence-corrected chi connectivity index (χ3v) is 2.37. The fourth-order valence-corrected chi connectivity index (χ4v) is 1.47. The van der Waals surface area contributed by atoms with Crippen molar-refractivity contribution in [2.75, 3.05) is 50.7 Å². The molecule has 0 aliphatic heterocycles. The van der Waals surface area contributed by atoms with Crippen molar-refractivity contribution in [2.45, 2.75) is 20.3 Å². The number of aromatic nitrogens is 2. The van der Waals surface area contributed by atoms with Crippen LogP contribution in [0.1, 0.15) is 19.0 Å². The molecule has 108 valence electrons. The van der Waals surface area contributed by atoms with Crippen LogP contribution in [-0.4, -0.2) is 50.0 Å². The number of nitrogens with zero attached hydrogens (tertiary/aromatic N) is 2. The summed E-state index contributed by atoms with van der Waals surface area (Å²) >= 11 is 0. The summed E-state index contributed by atoms with van der Waals surface area (Å²) in [6.07, 6.45) is 1.05. The molecule has 0 amide bonds. The van der Waals surface area contributed by atoms with Gasteiger partial charge >= 0.3 is 0 Å². The highest BCUT2D eigenvalue weighted by molar-refractivity contribution is 5.42. The molecule has 0 aromatic carbocycles. The molecular weight excluding hydrogens is 244 g/mol. The van der Waals surface area contributed by atoms with Crippen LogP contribution in [0.4, 0.5) is 11.8 Å². The molecule has 0 radical (unpaired) electrons. The maximum atomic E-state index is 5.37. The van der Waals surface area contributed by atoms with Gasteiger partial charge in [-0.2, -0.15) is 4.98 Å². The van der Waals surface area contributed by atoms with Crippen molar-refractivity contribution in [3.05, 3.63) is 11.8 Å². The molecular formula is C13H24N4O2. The molecule has 0 aliphatic rings. The molecule has 6 nitrogen and oxygen atoms in total. The predicted octanol–water partition coefficient (Wildman–Crippen LogP) is 1.68. The lowest BCUT2D eigenvalue weighted by Gasteiger charge is -2.09. The van der Waals surface area contributed by atoms with Crippen molar-refractivity contribution < 1.29 is 9.47 Å². The minimum Gasteiger partial charge on any atom is -0.382 e. The van der Waals surface area contributed by atoms with E-state index in [4.69, 9.17) is 9.47 Å². The van der Waals surface area contributed by atoms with Crippen LogP contribution in [0.2, 0.25) is 0 Å². The Morgan fingerprint density at radius 3 is 2.68 bits per heavy atom. The van der Waals surface area contributed by atoms with Gasteiger partial charge in [-0.25, -0.2) is 4.98 Å². The van der Waals surface area contributed by atoms with Crippen LogP contribution in [0.3, 0.4) is 0 Å². The van der Waals surface area contributed by atoms with Crippen LogP contribution < -0.4 is 10.6 Å². The first kappa shape index (κ1) is 15.7. The number of ether oxygens (including phenoxy) is 2. The number of methoxy groups -OCH3 is 1. The van der Waals surface area contributed by atoms with Gasteiger partial charge in [-0.15, -0.1) is 0 Å². The normalized spacial score (nSPS) is 10.5. The maximum Gasteiger partial charge on any atom is 0.224 e. The van der Waals surface area contributed by atoms with Crippen molar-refractivity contribution >= 4 is 11.8 Å². The lowest BCUT2D eigenvalue weighted by Crippen LogP contribution is -2.14. The van der Waals surface area contributed by atoms with Gasteiger partial charge in [0.2, 0.25) is 5.95 Å². The second-order valence-electron chi connectivity index (χ2n) is 4.18. The average molecular weight is 268 g/mol. The second kappa shape index (κ2) is 9.52. The Kier molecular flexibility index (Phi) is 7.84. The fourth-order valence-electron chi connectivity index (χ4n) is 1.47. The first-order valence-corrected chi connectivity index (χ1v) is 6.66.